The van der Waals surface area contributed by atoms with Crippen LogP contribution in [0.15, 0.2) is 42.9 Å². The minimum atomic E-state index is -1.14. The summed E-state index contributed by atoms with van der Waals surface area (Å²) in [6.45, 7) is 1.67. The van der Waals surface area contributed by atoms with Crippen molar-refractivity contribution in [2.45, 2.75) is 12.5 Å². The Morgan fingerprint density at radius 3 is 2.50 bits per heavy atom. The molecule has 0 saturated carbocycles. The number of benzene rings is 1. The lowest BCUT2D eigenvalue weighted by atomic mass is 9.96. The Morgan fingerprint density at radius 2 is 2.00 bits per heavy atom. The summed E-state index contributed by atoms with van der Waals surface area (Å²) in [4.78, 5) is 19.9. The van der Waals surface area contributed by atoms with Gasteiger partial charge in [0.15, 0.2) is 5.54 Å². The molecule has 0 aliphatic rings. The smallest absolute Gasteiger partial charge is 0.249 e. The number of carbonyl (C=O) groups excluding carboxylic acids is 1. The molecule has 0 spiro atoms. The second kappa shape index (κ2) is 5.56. The highest BCUT2D eigenvalue weighted by atomic mass is 16.5. The van der Waals surface area contributed by atoms with Gasteiger partial charge in [0.25, 0.3) is 0 Å². The number of rotatable bonds is 5. The average Bonchev–Trinajstić information content (AvgIpc) is 2.48. The molecule has 6 heteroatoms. The Hall–Kier alpha value is -2.63. The Labute approximate surface area is 117 Å². The number of aromatic nitrogens is 2. The zero-order valence-corrected chi connectivity index (χ0v) is 11.3. The van der Waals surface area contributed by atoms with Crippen molar-refractivity contribution in [3.63, 3.8) is 0 Å². The van der Waals surface area contributed by atoms with Crippen LogP contribution in [-0.2, 0) is 10.3 Å². The molecule has 0 saturated heterocycles. The number of hydrogen-bond acceptors (Lipinski definition) is 5. The van der Waals surface area contributed by atoms with Crippen molar-refractivity contribution in [1.29, 1.82) is 0 Å². The van der Waals surface area contributed by atoms with E-state index in [2.05, 4.69) is 15.3 Å². The van der Waals surface area contributed by atoms with E-state index in [0.29, 0.717) is 5.69 Å². The minimum absolute atomic E-state index is 0.461. The van der Waals surface area contributed by atoms with Gasteiger partial charge in [-0.2, -0.15) is 0 Å². The highest BCUT2D eigenvalue weighted by Crippen LogP contribution is 2.25. The van der Waals surface area contributed by atoms with Gasteiger partial charge in [0, 0.05) is 18.1 Å². The van der Waals surface area contributed by atoms with Gasteiger partial charge in [-0.25, -0.2) is 0 Å². The van der Waals surface area contributed by atoms with Crippen molar-refractivity contribution in [2.24, 2.45) is 5.73 Å². The number of primary amides is 1. The lowest BCUT2D eigenvalue weighted by Crippen LogP contribution is -2.45. The summed E-state index contributed by atoms with van der Waals surface area (Å²) in [6.07, 6.45) is 4.58. The molecule has 2 aromatic rings. The summed E-state index contributed by atoms with van der Waals surface area (Å²) in [5.41, 5.74) is 5.57. The molecule has 6 nitrogen and oxygen atoms in total. The van der Waals surface area contributed by atoms with Crippen LogP contribution in [0.3, 0.4) is 0 Å². The Bertz CT molecular complexity index is 586. The fourth-order valence-electron chi connectivity index (χ4n) is 1.77. The summed E-state index contributed by atoms with van der Waals surface area (Å²) in [5.74, 6) is 0.199. The third-order valence-electron chi connectivity index (χ3n) is 3.05. The van der Waals surface area contributed by atoms with Crippen molar-refractivity contribution in [3.05, 3.63) is 48.5 Å². The SMILES string of the molecule is COc1ccc(NC(C)(C(N)=O)c2cnccn2)cc1. The topological polar surface area (TPSA) is 90.1 Å². The first-order valence-corrected chi connectivity index (χ1v) is 6.05. The molecule has 1 atom stereocenters. The fraction of sp³-hybridized carbons (Fsp3) is 0.214. The van der Waals surface area contributed by atoms with E-state index in [1.165, 1.54) is 18.6 Å². The quantitative estimate of drug-likeness (QED) is 0.856. The van der Waals surface area contributed by atoms with Gasteiger partial charge in [-0.3, -0.25) is 14.8 Å². The van der Waals surface area contributed by atoms with Crippen LogP contribution in [0.1, 0.15) is 12.6 Å². The summed E-state index contributed by atoms with van der Waals surface area (Å²) < 4.78 is 5.09. The number of amides is 1. The lowest BCUT2D eigenvalue weighted by molar-refractivity contribution is -0.122. The number of nitrogens with two attached hydrogens (primary N) is 1. The van der Waals surface area contributed by atoms with Gasteiger partial charge in [-0.05, 0) is 31.2 Å². The molecule has 2 rings (SSSR count). The standard InChI is InChI=1S/C14H16N4O2/c1-14(13(15)19,12-9-16-7-8-17-12)18-10-3-5-11(20-2)6-4-10/h3-9,18H,1-2H3,(H2,15,19). The first-order valence-electron chi connectivity index (χ1n) is 6.05. The molecule has 1 heterocycles. The van der Waals surface area contributed by atoms with E-state index in [0.717, 1.165) is 11.4 Å². The van der Waals surface area contributed by atoms with Crippen LogP contribution in [0.25, 0.3) is 0 Å². The second-order valence-corrected chi connectivity index (χ2v) is 4.43. The van der Waals surface area contributed by atoms with Crippen LogP contribution in [-0.4, -0.2) is 23.0 Å². The zero-order chi connectivity index (χ0) is 14.6. The number of anilines is 1. The summed E-state index contributed by atoms with van der Waals surface area (Å²) in [6, 6.07) is 7.19. The third-order valence-corrected chi connectivity index (χ3v) is 3.05. The van der Waals surface area contributed by atoms with E-state index in [4.69, 9.17) is 10.5 Å². The second-order valence-electron chi connectivity index (χ2n) is 4.43. The molecule has 0 fully saturated rings. The van der Waals surface area contributed by atoms with E-state index in [1.54, 1.807) is 38.3 Å². The molecular formula is C14H16N4O2. The van der Waals surface area contributed by atoms with E-state index >= 15 is 0 Å². The van der Waals surface area contributed by atoms with Gasteiger partial charge in [-0.1, -0.05) is 0 Å². The van der Waals surface area contributed by atoms with Crippen molar-refractivity contribution in [3.8, 4) is 5.75 Å². The van der Waals surface area contributed by atoms with Gasteiger partial charge in [0.2, 0.25) is 5.91 Å². The van der Waals surface area contributed by atoms with Crippen LogP contribution in [0.5, 0.6) is 5.75 Å². The molecule has 1 unspecified atom stereocenters. The molecule has 104 valence electrons. The monoisotopic (exact) mass is 272 g/mol. The van der Waals surface area contributed by atoms with Crippen LogP contribution in [0.4, 0.5) is 5.69 Å². The van der Waals surface area contributed by atoms with Crippen LogP contribution in [0.2, 0.25) is 0 Å². The highest BCUT2D eigenvalue weighted by molar-refractivity contribution is 5.88. The molecule has 20 heavy (non-hydrogen) atoms. The van der Waals surface area contributed by atoms with Gasteiger partial charge in [-0.15, -0.1) is 0 Å². The molecule has 1 aromatic heterocycles. The number of carbonyl (C=O) groups is 1. The summed E-state index contributed by atoms with van der Waals surface area (Å²) >= 11 is 0. The average molecular weight is 272 g/mol. The van der Waals surface area contributed by atoms with Crippen LogP contribution in [0, 0.1) is 0 Å². The lowest BCUT2D eigenvalue weighted by Gasteiger charge is -2.27. The number of nitrogens with one attached hydrogen (secondary N) is 1. The van der Waals surface area contributed by atoms with E-state index in [1.807, 2.05) is 0 Å². The molecule has 0 radical (unpaired) electrons. The van der Waals surface area contributed by atoms with Crippen molar-refractivity contribution in [1.82, 2.24) is 9.97 Å². The molecule has 1 aromatic carbocycles. The van der Waals surface area contributed by atoms with E-state index in [-0.39, 0.29) is 0 Å². The summed E-state index contributed by atoms with van der Waals surface area (Å²) in [7, 11) is 1.59. The van der Waals surface area contributed by atoms with Crippen LogP contribution >= 0.6 is 0 Å². The Balaban J connectivity index is 2.32. The highest BCUT2D eigenvalue weighted by Gasteiger charge is 2.35. The van der Waals surface area contributed by atoms with Crippen molar-refractivity contribution in [2.75, 3.05) is 12.4 Å². The third kappa shape index (κ3) is 2.69. The number of nitrogens with zero attached hydrogens (tertiary/aromatic N) is 2. The van der Waals surface area contributed by atoms with Crippen LogP contribution < -0.4 is 15.8 Å². The van der Waals surface area contributed by atoms with Gasteiger partial charge in [0.05, 0.1) is 19.0 Å². The largest absolute Gasteiger partial charge is 0.497 e. The molecule has 0 aliphatic heterocycles. The number of ether oxygens (including phenoxy) is 1. The minimum Gasteiger partial charge on any atom is -0.497 e. The van der Waals surface area contributed by atoms with Crippen molar-refractivity contribution < 1.29 is 9.53 Å². The van der Waals surface area contributed by atoms with Gasteiger partial charge >= 0.3 is 0 Å². The molecule has 3 N–H and O–H groups in total. The van der Waals surface area contributed by atoms with Crippen molar-refractivity contribution >= 4 is 11.6 Å². The van der Waals surface area contributed by atoms with Gasteiger partial charge in [0.1, 0.15) is 5.75 Å². The molecule has 1 amide bonds. The molecule has 0 bridgehead atoms. The maximum Gasteiger partial charge on any atom is 0.249 e. The maximum absolute atomic E-state index is 11.8. The Morgan fingerprint density at radius 1 is 1.30 bits per heavy atom. The van der Waals surface area contributed by atoms with E-state index in [9.17, 15) is 4.79 Å². The molecular weight excluding hydrogens is 256 g/mol. The number of hydrogen-bond donors (Lipinski definition) is 2. The normalized spacial score (nSPS) is 13.3. The first kappa shape index (κ1) is 13.8. The summed E-state index contributed by atoms with van der Waals surface area (Å²) in [5, 5.41) is 3.09. The number of methoxy groups -OCH3 is 1. The fourth-order valence-corrected chi connectivity index (χ4v) is 1.77. The first-order chi connectivity index (χ1) is 9.56. The Kier molecular flexibility index (Phi) is 3.84. The van der Waals surface area contributed by atoms with Gasteiger partial charge < -0.3 is 15.8 Å². The maximum atomic E-state index is 11.8. The van der Waals surface area contributed by atoms with E-state index < -0.39 is 11.4 Å². The molecule has 0 aliphatic carbocycles. The zero-order valence-electron chi connectivity index (χ0n) is 11.3. The predicted molar refractivity (Wildman–Crippen MR) is 75.2 cm³/mol. The predicted octanol–water partition coefficient (Wildman–Crippen LogP) is 1.30.